The second kappa shape index (κ2) is 10.3. The van der Waals surface area contributed by atoms with Gasteiger partial charge in [-0.3, -0.25) is 9.52 Å². The van der Waals surface area contributed by atoms with Crippen LogP contribution in [0.2, 0.25) is 10.0 Å². The first-order valence-corrected chi connectivity index (χ1v) is 12.0. The molecule has 0 unspecified atom stereocenters. The summed E-state index contributed by atoms with van der Waals surface area (Å²) < 4.78 is 33.6. The molecule has 2 N–H and O–H groups in total. The molecule has 0 bridgehead atoms. The molecule has 0 aliphatic heterocycles. The quantitative estimate of drug-likeness (QED) is 0.409. The van der Waals surface area contributed by atoms with Gasteiger partial charge in [0.15, 0.2) is 6.10 Å². The van der Waals surface area contributed by atoms with E-state index in [2.05, 4.69) is 10.0 Å². The molecule has 3 aromatic rings. The SMILES string of the molecule is CC[C@H](Oc1ccccc1C)C(=O)Nc1ccc(S(=O)(=O)Nc2cc(Cl)cc(Cl)c2)cc1. The number of hydrogen-bond donors (Lipinski definition) is 2. The van der Waals surface area contributed by atoms with Crippen LogP contribution in [-0.4, -0.2) is 20.4 Å². The van der Waals surface area contributed by atoms with Crippen molar-refractivity contribution in [3.05, 3.63) is 82.3 Å². The Hall–Kier alpha value is -2.74. The van der Waals surface area contributed by atoms with Crippen LogP contribution >= 0.6 is 23.2 Å². The van der Waals surface area contributed by atoms with Gasteiger partial charge in [-0.15, -0.1) is 0 Å². The van der Waals surface area contributed by atoms with E-state index in [1.54, 1.807) is 0 Å². The summed E-state index contributed by atoms with van der Waals surface area (Å²) in [6.07, 6.45) is -0.215. The summed E-state index contributed by atoms with van der Waals surface area (Å²) in [5, 5.41) is 3.39. The Balaban J connectivity index is 1.69. The number of anilines is 2. The minimum absolute atomic E-state index is 0.0230. The highest BCUT2D eigenvalue weighted by Crippen LogP contribution is 2.25. The lowest BCUT2D eigenvalue weighted by molar-refractivity contribution is -0.122. The monoisotopic (exact) mass is 492 g/mol. The maximum Gasteiger partial charge on any atom is 0.265 e. The lowest BCUT2D eigenvalue weighted by atomic mass is 10.2. The van der Waals surface area contributed by atoms with Crippen LogP contribution in [0.15, 0.2) is 71.6 Å². The van der Waals surface area contributed by atoms with E-state index < -0.39 is 16.1 Å². The predicted molar refractivity (Wildman–Crippen MR) is 128 cm³/mol. The fraction of sp³-hybridized carbons (Fsp3) is 0.174. The molecule has 6 nitrogen and oxygen atoms in total. The van der Waals surface area contributed by atoms with Crippen LogP contribution < -0.4 is 14.8 Å². The maximum atomic E-state index is 12.7. The largest absolute Gasteiger partial charge is 0.480 e. The number of halogens is 2. The Kier molecular flexibility index (Phi) is 7.66. The van der Waals surface area contributed by atoms with Gasteiger partial charge in [0.2, 0.25) is 0 Å². The molecular formula is C23H22Cl2N2O4S. The zero-order valence-electron chi connectivity index (χ0n) is 17.4. The first-order valence-electron chi connectivity index (χ1n) is 9.80. The van der Waals surface area contributed by atoms with E-state index in [9.17, 15) is 13.2 Å². The molecule has 0 fully saturated rings. The maximum absolute atomic E-state index is 12.7. The summed E-state index contributed by atoms with van der Waals surface area (Å²) in [5.41, 5.74) is 1.63. The summed E-state index contributed by atoms with van der Waals surface area (Å²) in [5.74, 6) is 0.321. The number of sulfonamides is 1. The third-order valence-electron chi connectivity index (χ3n) is 4.57. The minimum atomic E-state index is -3.86. The van der Waals surface area contributed by atoms with Crippen LogP contribution in [0.1, 0.15) is 18.9 Å². The van der Waals surface area contributed by atoms with E-state index in [1.165, 1.54) is 42.5 Å². The molecule has 3 rings (SSSR count). The molecule has 1 amide bonds. The summed E-state index contributed by atoms with van der Waals surface area (Å²) in [6.45, 7) is 3.76. The molecule has 0 radical (unpaired) electrons. The summed E-state index contributed by atoms with van der Waals surface area (Å²) in [4.78, 5) is 12.7. The number of aryl methyl sites for hydroxylation is 1. The van der Waals surface area contributed by atoms with Crippen LogP contribution in [0.5, 0.6) is 5.75 Å². The fourth-order valence-corrected chi connectivity index (χ4v) is 4.50. The van der Waals surface area contributed by atoms with Crippen molar-refractivity contribution in [2.75, 3.05) is 10.0 Å². The molecule has 0 aromatic heterocycles. The number of rotatable bonds is 8. The van der Waals surface area contributed by atoms with Gasteiger partial charge in [0.25, 0.3) is 15.9 Å². The number of amides is 1. The standard InChI is InChI=1S/C23H22Cl2N2O4S/c1-3-21(31-22-7-5-4-6-15(22)2)23(28)26-18-8-10-20(11-9-18)32(29,30)27-19-13-16(24)12-17(25)14-19/h4-14,21,27H,3H2,1-2H3,(H,26,28)/t21-/m0/s1. The van der Waals surface area contributed by atoms with Gasteiger partial charge in [-0.05, 0) is 67.4 Å². The highest BCUT2D eigenvalue weighted by atomic mass is 35.5. The van der Waals surface area contributed by atoms with Gasteiger partial charge in [0.05, 0.1) is 10.6 Å². The van der Waals surface area contributed by atoms with Crippen molar-refractivity contribution in [1.82, 2.24) is 0 Å². The summed E-state index contributed by atoms with van der Waals surface area (Å²) >= 11 is 11.8. The van der Waals surface area contributed by atoms with E-state index in [0.717, 1.165) is 5.56 Å². The van der Waals surface area contributed by atoms with Crippen LogP contribution in [0.3, 0.4) is 0 Å². The van der Waals surface area contributed by atoms with Crippen LogP contribution in [-0.2, 0) is 14.8 Å². The van der Waals surface area contributed by atoms with Gasteiger partial charge >= 0.3 is 0 Å². The second-order valence-corrected chi connectivity index (χ2v) is 9.61. The van der Waals surface area contributed by atoms with Gasteiger partial charge in [-0.2, -0.15) is 0 Å². The fourth-order valence-electron chi connectivity index (χ4n) is 2.93. The smallest absolute Gasteiger partial charge is 0.265 e. The Bertz CT molecular complexity index is 1190. The third-order valence-corrected chi connectivity index (χ3v) is 6.41. The Labute approximate surface area is 197 Å². The molecule has 0 aliphatic rings. The Morgan fingerprint density at radius 2 is 1.59 bits per heavy atom. The van der Waals surface area contributed by atoms with Crippen LogP contribution in [0.4, 0.5) is 11.4 Å². The van der Waals surface area contributed by atoms with Gasteiger partial charge in [0, 0.05) is 15.7 Å². The zero-order chi connectivity index (χ0) is 23.3. The molecule has 168 valence electrons. The zero-order valence-corrected chi connectivity index (χ0v) is 19.8. The molecule has 32 heavy (non-hydrogen) atoms. The number of nitrogens with one attached hydrogen (secondary N) is 2. The van der Waals surface area contributed by atoms with E-state index in [1.807, 2.05) is 38.1 Å². The lowest BCUT2D eigenvalue weighted by Gasteiger charge is -2.18. The number of hydrogen-bond acceptors (Lipinski definition) is 4. The van der Waals surface area contributed by atoms with Crippen molar-refractivity contribution in [3.8, 4) is 5.75 Å². The molecule has 3 aromatic carbocycles. The van der Waals surface area contributed by atoms with Gasteiger partial charge in [-0.1, -0.05) is 48.3 Å². The van der Waals surface area contributed by atoms with E-state index in [-0.39, 0.29) is 16.5 Å². The van der Waals surface area contributed by atoms with Crippen molar-refractivity contribution in [2.45, 2.75) is 31.3 Å². The molecule has 0 saturated heterocycles. The Morgan fingerprint density at radius 3 is 2.19 bits per heavy atom. The molecule has 0 aliphatic carbocycles. The normalized spacial score (nSPS) is 12.1. The number of ether oxygens (including phenoxy) is 1. The molecule has 1 atom stereocenters. The van der Waals surface area contributed by atoms with Crippen molar-refractivity contribution in [3.63, 3.8) is 0 Å². The number of para-hydroxylation sites is 1. The predicted octanol–water partition coefficient (Wildman–Crippen LogP) is 5.90. The van der Waals surface area contributed by atoms with E-state index in [0.29, 0.717) is 27.9 Å². The molecule has 9 heteroatoms. The number of carbonyl (C=O) groups is 1. The first-order chi connectivity index (χ1) is 15.2. The number of carbonyl (C=O) groups excluding carboxylic acids is 1. The average molecular weight is 493 g/mol. The first kappa shape index (κ1) is 23.9. The van der Waals surface area contributed by atoms with Crippen LogP contribution in [0, 0.1) is 6.92 Å². The number of benzene rings is 3. The topological polar surface area (TPSA) is 84.5 Å². The minimum Gasteiger partial charge on any atom is -0.480 e. The average Bonchev–Trinajstić information content (AvgIpc) is 2.72. The lowest BCUT2D eigenvalue weighted by Crippen LogP contribution is -2.32. The molecular weight excluding hydrogens is 471 g/mol. The van der Waals surface area contributed by atoms with E-state index >= 15 is 0 Å². The van der Waals surface area contributed by atoms with Crippen molar-refractivity contribution in [1.29, 1.82) is 0 Å². The molecule has 0 spiro atoms. The molecule has 0 saturated carbocycles. The third kappa shape index (κ3) is 6.16. The molecule has 0 heterocycles. The highest BCUT2D eigenvalue weighted by molar-refractivity contribution is 7.92. The summed E-state index contributed by atoms with van der Waals surface area (Å²) in [6, 6.07) is 17.7. The highest BCUT2D eigenvalue weighted by Gasteiger charge is 2.20. The van der Waals surface area contributed by atoms with Gasteiger partial charge in [0.1, 0.15) is 5.75 Å². The van der Waals surface area contributed by atoms with Crippen molar-refractivity contribution >= 4 is 50.5 Å². The summed E-state index contributed by atoms with van der Waals surface area (Å²) in [7, 11) is -3.86. The van der Waals surface area contributed by atoms with Gasteiger partial charge in [-0.25, -0.2) is 8.42 Å². The van der Waals surface area contributed by atoms with Gasteiger partial charge < -0.3 is 10.1 Å². The van der Waals surface area contributed by atoms with Crippen LogP contribution in [0.25, 0.3) is 0 Å². The van der Waals surface area contributed by atoms with E-state index in [4.69, 9.17) is 27.9 Å². The Morgan fingerprint density at radius 1 is 0.969 bits per heavy atom. The van der Waals surface area contributed by atoms with Crippen molar-refractivity contribution < 1.29 is 17.9 Å². The van der Waals surface area contributed by atoms with Crippen molar-refractivity contribution in [2.24, 2.45) is 0 Å². The second-order valence-electron chi connectivity index (χ2n) is 7.06.